The van der Waals surface area contributed by atoms with Gasteiger partial charge in [0.25, 0.3) is 0 Å². The van der Waals surface area contributed by atoms with Gasteiger partial charge in [0.05, 0.1) is 19.2 Å². The predicted octanol–water partition coefficient (Wildman–Crippen LogP) is 3.26. The van der Waals surface area contributed by atoms with Gasteiger partial charge < -0.3 is 4.74 Å². The van der Waals surface area contributed by atoms with Crippen molar-refractivity contribution in [1.82, 2.24) is 10.6 Å². The van der Waals surface area contributed by atoms with Gasteiger partial charge in [-0.2, -0.15) is 0 Å². The maximum Gasteiger partial charge on any atom is 0.413 e. The summed E-state index contributed by atoms with van der Waals surface area (Å²) in [7, 11) is 1.23. The van der Waals surface area contributed by atoms with Crippen molar-refractivity contribution in [3.63, 3.8) is 0 Å². The molecule has 0 aliphatic rings. The number of methoxy groups -OCH3 is 1. The zero-order chi connectivity index (χ0) is 17.5. The first-order valence-electron chi connectivity index (χ1n) is 7.82. The summed E-state index contributed by atoms with van der Waals surface area (Å²) in [4.78, 5) is 24.4. The number of thiophene rings is 1. The highest BCUT2D eigenvalue weighted by molar-refractivity contribution is 7.10. The number of alkyl carbamates (subject to hydrolysis) is 1. The van der Waals surface area contributed by atoms with Gasteiger partial charge in [0, 0.05) is 4.88 Å². The Kier molecular flexibility index (Phi) is 6.52. The van der Waals surface area contributed by atoms with Gasteiger partial charge in [-0.15, -0.1) is 11.3 Å². The Morgan fingerprint density at radius 3 is 2.46 bits per heavy atom. The highest BCUT2D eigenvalue weighted by Crippen LogP contribution is 2.27. The molecule has 6 heteroatoms. The summed E-state index contributed by atoms with van der Waals surface area (Å²) in [5, 5.41) is 7.49. The zero-order valence-electron chi connectivity index (χ0n) is 14.0. The monoisotopic (exact) mass is 346 g/mol. The minimum Gasteiger partial charge on any atom is -0.453 e. The van der Waals surface area contributed by atoms with E-state index in [1.807, 2.05) is 17.5 Å². The van der Waals surface area contributed by atoms with Crippen LogP contribution in [0.1, 0.15) is 35.9 Å². The SMILES string of the molecule is CCc1ccc([C@@H](N[C@@H](C)C(=O)NC(=O)OC)c2cccs2)cc1. The number of rotatable bonds is 6. The first kappa shape index (κ1) is 18.2. The van der Waals surface area contributed by atoms with Gasteiger partial charge in [-0.05, 0) is 35.9 Å². The van der Waals surface area contributed by atoms with Crippen molar-refractivity contribution in [3.05, 3.63) is 57.8 Å². The summed E-state index contributed by atoms with van der Waals surface area (Å²) in [5.74, 6) is -0.423. The molecule has 0 aliphatic carbocycles. The van der Waals surface area contributed by atoms with Crippen LogP contribution in [-0.2, 0) is 16.0 Å². The lowest BCUT2D eigenvalue weighted by molar-refractivity contribution is -0.122. The van der Waals surface area contributed by atoms with Crippen LogP contribution in [0.15, 0.2) is 41.8 Å². The quantitative estimate of drug-likeness (QED) is 0.842. The molecule has 0 saturated heterocycles. The molecule has 24 heavy (non-hydrogen) atoms. The first-order chi connectivity index (χ1) is 11.5. The average Bonchev–Trinajstić information content (AvgIpc) is 3.13. The Morgan fingerprint density at radius 1 is 1.21 bits per heavy atom. The molecular weight excluding hydrogens is 324 g/mol. The molecule has 2 amide bonds. The second kappa shape index (κ2) is 8.61. The third kappa shape index (κ3) is 4.66. The fourth-order valence-electron chi connectivity index (χ4n) is 2.33. The molecule has 0 aliphatic heterocycles. The summed E-state index contributed by atoms with van der Waals surface area (Å²) in [6.07, 6.45) is 0.226. The number of ether oxygens (including phenoxy) is 1. The lowest BCUT2D eigenvalue weighted by Crippen LogP contribution is -2.45. The fraction of sp³-hybridized carbons (Fsp3) is 0.333. The molecule has 1 heterocycles. The van der Waals surface area contributed by atoms with Gasteiger partial charge in [-0.3, -0.25) is 15.4 Å². The van der Waals surface area contributed by atoms with E-state index >= 15 is 0 Å². The van der Waals surface area contributed by atoms with Gasteiger partial charge in [-0.1, -0.05) is 37.3 Å². The van der Waals surface area contributed by atoms with E-state index in [-0.39, 0.29) is 6.04 Å². The van der Waals surface area contributed by atoms with Crippen molar-refractivity contribution < 1.29 is 14.3 Å². The van der Waals surface area contributed by atoms with E-state index in [1.54, 1.807) is 18.3 Å². The van der Waals surface area contributed by atoms with Crippen LogP contribution in [0.25, 0.3) is 0 Å². The van der Waals surface area contributed by atoms with E-state index in [0.29, 0.717) is 0 Å². The number of benzene rings is 1. The summed E-state index contributed by atoms with van der Waals surface area (Å²) in [5.41, 5.74) is 2.34. The fourth-order valence-corrected chi connectivity index (χ4v) is 3.14. The average molecular weight is 346 g/mol. The Balaban J connectivity index is 2.17. The lowest BCUT2D eigenvalue weighted by atomic mass is 10.0. The van der Waals surface area contributed by atoms with E-state index in [4.69, 9.17) is 0 Å². The number of amides is 2. The zero-order valence-corrected chi connectivity index (χ0v) is 14.9. The van der Waals surface area contributed by atoms with Gasteiger partial charge >= 0.3 is 6.09 Å². The summed E-state index contributed by atoms with van der Waals surface area (Å²) < 4.78 is 4.46. The highest BCUT2D eigenvalue weighted by Gasteiger charge is 2.22. The van der Waals surface area contributed by atoms with E-state index in [0.717, 1.165) is 16.9 Å². The molecule has 2 rings (SSSR count). The number of aryl methyl sites for hydroxylation is 1. The van der Waals surface area contributed by atoms with Crippen LogP contribution in [0, 0.1) is 0 Å². The van der Waals surface area contributed by atoms with Crippen molar-refractivity contribution in [2.24, 2.45) is 0 Å². The lowest BCUT2D eigenvalue weighted by Gasteiger charge is -2.22. The Labute approximate surface area is 146 Å². The molecule has 0 bridgehead atoms. The van der Waals surface area contributed by atoms with Gasteiger partial charge in [0.2, 0.25) is 5.91 Å². The van der Waals surface area contributed by atoms with Crippen LogP contribution in [0.2, 0.25) is 0 Å². The second-order valence-electron chi connectivity index (χ2n) is 5.41. The van der Waals surface area contributed by atoms with Crippen LogP contribution in [0.3, 0.4) is 0 Å². The van der Waals surface area contributed by atoms with Gasteiger partial charge in [0.15, 0.2) is 0 Å². The number of imide groups is 1. The molecule has 0 spiro atoms. The number of nitrogens with one attached hydrogen (secondary N) is 2. The molecule has 2 atom stereocenters. The third-order valence-corrected chi connectivity index (χ3v) is 4.71. The van der Waals surface area contributed by atoms with Crippen LogP contribution < -0.4 is 10.6 Å². The maximum atomic E-state index is 12.1. The van der Waals surface area contributed by atoms with Gasteiger partial charge in [-0.25, -0.2) is 4.79 Å². The molecule has 0 saturated carbocycles. The minimum atomic E-state index is -0.756. The largest absolute Gasteiger partial charge is 0.453 e. The summed E-state index contributed by atoms with van der Waals surface area (Å²) in [6, 6.07) is 11.7. The Hall–Kier alpha value is -2.18. The Morgan fingerprint density at radius 2 is 1.92 bits per heavy atom. The molecule has 0 radical (unpaired) electrons. The predicted molar refractivity (Wildman–Crippen MR) is 95.1 cm³/mol. The maximum absolute atomic E-state index is 12.1. The van der Waals surface area contributed by atoms with Crippen molar-refractivity contribution in [3.8, 4) is 0 Å². The Bertz CT molecular complexity index is 668. The molecule has 2 N–H and O–H groups in total. The third-order valence-electron chi connectivity index (χ3n) is 3.77. The van der Waals surface area contributed by atoms with Gasteiger partial charge in [0.1, 0.15) is 0 Å². The summed E-state index contributed by atoms with van der Waals surface area (Å²) in [6.45, 7) is 3.84. The van der Waals surface area contributed by atoms with E-state index in [2.05, 4.69) is 46.6 Å². The van der Waals surface area contributed by atoms with Crippen molar-refractivity contribution in [1.29, 1.82) is 0 Å². The van der Waals surface area contributed by atoms with E-state index in [1.165, 1.54) is 12.7 Å². The van der Waals surface area contributed by atoms with Crippen LogP contribution >= 0.6 is 11.3 Å². The standard InChI is InChI=1S/C18H22N2O3S/c1-4-13-7-9-14(10-8-13)16(15-6-5-11-24-15)19-12(2)17(21)20-18(22)23-3/h5-12,16,19H,4H2,1-3H3,(H,20,21,22)/t12-,16+/m0/s1. The molecule has 5 nitrogen and oxygen atoms in total. The van der Waals surface area contributed by atoms with Crippen molar-refractivity contribution >= 4 is 23.3 Å². The van der Waals surface area contributed by atoms with Crippen molar-refractivity contribution in [2.75, 3.05) is 7.11 Å². The van der Waals surface area contributed by atoms with Crippen LogP contribution in [0.4, 0.5) is 4.79 Å². The normalized spacial score (nSPS) is 13.1. The summed E-state index contributed by atoms with van der Waals surface area (Å²) >= 11 is 1.62. The molecule has 0 fully saturated rings. The number of hydrogen-bond donors (Lipinski definition) is 2. The van der Waals surface area contributed by atoms with Crippen LogP contribution in [-0.4, -0.2) is 25.2 Å². The van der Waals surface area contributed by atoms with Crippen molar-refractivity contribution in [2.45, 2.75) is 32.4 Å². The molecular formula is C18H22N2O3S. The molecule has 0 unspecified atom stereocenters. The first-order valence-corrected chi connectivity index (χ1v) is 8.70. The number of carbonyl (C=O) groups is 2. The number of hydrogen-bond acceptors (Lipinski definition) is 5. The van der Waals surface area contributed by atoms with E-state index in [9.17, 15) is 9.59 Å². The molecule has 128 valence electrons. The molecule has 1 aromatic carbocycles. The highest BCUT2D eigenvalue weighted by atomic mass is 32.1. The second-order valence-corrected chi connectivity index (χ2v) is 6.39. The number of carbonyl (C=O) groups excluding carboxylic acids is 2. The molecule has 2 aromatic rings. The molecule has 1 aromatic heterocycles. The van der Waals surface area contributed by atoms with Crippen LogP contribution in [0.5, 0.6) is 0 Å². The topological polar surface area (TPSA) is 67.4 Å². The minimum absolute atomic E-state index is 0.116. The van der Waals surface area contributed by atoms with E-state index < -0.39 is 18.0 Å². The smallest absolute Gasteiger partial charge is 0.413 e.